The van der Waals surface area contributed by atoms with E-state index in [-0.39, 0.29) is 41.0 Å². The summed E-state index contributed by atoms with van der Waals surface area (Å²) in [6, 6.07) is 0. The molecule has 0 radical (unpaired) electrons. The van der Waals surface area contributed by atoms with Gasteiger partial charge >= 0.3 is 29.6 Å². The van der Waals surface area contributed by atoms with Gasteiger partial charge in [-0.1, -0.05) is 0 Å². The number of carbonyl (C=O) groups excluding carboxylic acids is 1. The zero-order valence-corrected chi connectivity index (χ0v) is 8.66. The molecule has 0 aliphatic rings. The van der Waals surface area contributed by atoms with Crippen LogP contribution in [0, 0.1) is 0 Å². The van der Waals surface area contributed by atoms with Crippen molar-refractivity contribution >= 4 is 36.0 Å². The van der Waals surface area contributed by atoms with Gasteiger partial charge in [-0.05, 0) is 0 Å². The average molecular weight is 281 g/mol. The Balaban J connectivity index is 0. The van der Waals surface area contributed by atoms with Gasteiger partial charge < -0.3 is 15.3 Å². The normalized spacial score (nSPS) is 17.2. The summed E-state index contributed by atoms with van der Waals surface area (Å²) in [6.07, 6.45) is -6.90. The molecule has 0 aromatic rings. The summed E-state index contributed by atoms with van der Waals surface area (Å²) in [5.74, 6) is 0. The van der Waals surface area contributed by atoms with Crippen molar-refractivity contribution in [3.63, 3.8) is 0 Å². The third kappa shape index (κ3) is 6.92. The van der Waals surface area contributed by atoms with Crippen molar-refractivity contribution < 1.29 is 45.6 Å². The van der Waals surface area contributed by atoms with Crippen LogP contribution in [0.4, 0.5) is 0 Å². The standard InChI is InChI=1S/C7H15NO9.Na.H/c9-3-8(13)1-4(10)6(11)7(12)5(17-15)2-16-14;;/h3-7,10-15H,1-2H2;;/t4-,5?,6-,7+;;/m0../s1. The van der Waals surface area contributed by atoms with E-state index in [4.69, 9.17) is 15.7 Å². The molecule has 104 valence electrons. The topological polar surface area (TPSA) is 160 Å². The molecule has 0 aromatic carbocycles. The summed E-state index contributed by atoms with van der Waals surface area (Å²) in [6.45, 7) is -1.34. The summed E-state index contributed by atoms with van der Waals surface area (Å²) in [7, 11) is 0. The van der Waals surface area contributed by atoms with Crippen LogP contribution in [0.5, 0.6) is 0 Å². The molecule has 1 unspecified atom stereocenters. The van der Waals surface area contributed by atoms with Gasteiger partial charge in [0.25, 0.3) is 0 Å². The maximum absolute atomic E-state index is 10.0. The fourth-order valence-electron chi connectivity index (χ4n) is 1.06. The number of hydrogen-bond donors (Lipinski definition) is 6. The first kappa shape index (κ1) is 20.5. The number of amides is 1. The van der Waals surface area contributed by atoms with Crippen LogP contribution < -0.4 is 0 Å². The van der Waals surface area contributed by atoms with Crippen LogP contribution in [0.25, 0.3) is 0 Å². The molecule has 0 rings (SSSR count). The Hall–Kier alpha value is 0.150. The fourth-order valence-corrected chi connectivity index (χ4v) is 1.06. The summed E-state index contributed by atoms with van der Waals surface area (Å²) in [4.78, 5) is 17.3. The van der Waals surface area contributed by atoms with Gasteiger partial charge in [0.2, 0.25) is 6.41 Å². The molecular formula is C7H16NNaO9. The van der Waals surface area contributed by atoms with E-state index in [2.05, 4.69) is 9.78 Å². The van der Waals surface area contributed by atoms with E-state index in [1.807, 2.05) is 0 Å². The molecule has 0 fully saturated rings. The van der Waals surface area contributed by atoms with Crippen LogP contribution in [0.3, 0.4) is 0 Å². The molecule has 11 heteroatoms. The number of carbonyl (C=O) groups is 1. The van der Waals surface area contributed by atoms with E-state index in [0.717, 1.165) is 0 Å². The first-order chi connectivity index (χ1) is 7.97. The van der Waals surface area contributed by atoms with Crippen molar-refractivity contribution in [3.05, 3.63) is 0 Å². The van der Waals surface area contributed by atoms with Crippen molar-refractivity contribution in [3.8, 4) is 0 Å². The SMILES string of the molecule is O=CN(O)C[C@H](O)[C@H](O)[C@H](O)C(COO)OO.[NaH]. The number of rotatable bonds is 9. The van der Waals surface area contributed by atoms with Gasteiger partial charge in [-0.3, -0.25) is 20.5 Å². The molecular weight excluding hydrogens is 265 g/mol. The molecule has 6 N–H and O–H groups in total. The Morgan fingerprint density at radius 2 is 1.72 bits per heavy atom. The summed E-state index contributed by atoms with van der Waals surface area (Å²) >= 11 is 0. The molecule has 10 nitrogen and oxygen atoms in total. The van der Waals surface area contributed by atoms with Gasteiger partial charge in [-0.2, -0.15) is 0 Å². The van der Waals surface area contributed by atoms with Gasteiger partial charge in [0.1, 0.15) is 31.0 Å². The van der Waals surface area contributed by atoms with Gasteiger partial charge in [0.15, 0.2) is 0 Å². The molecule has 0 saturated heterocycles. The number of nitrogens with zero attached hydrogens (tertiary/aromatic N) is 1. The van der Waals surface area contributed by atoms with Crippen LogP contribution in [-0.2, 0) is 14.6 Å². The van der Waals surface area contributed by atoms with Crippen molar-refractivity contribution in [2.24, 2.45) is 0 Å². The molecule has 1 amide bonds. The van der Waals surface area contributed by atoms with Crippen LogP contribution in [0.1, 0.15) is 0 Å². The predicted molar refractivity (Wildman–Crippen MR) is 55.8 cm³/mol. The predicted octanol–water partition coefficient (Wildman–Crippen LogP) is -3.38. The van der Waals surface area contributed by atoms with Crippen molar-refractivity contribution in [2.75, 3.05) is 13.2 Å². The molecule has 0 aromatic heterocycles. The number of hydroxylamine groups is 2. The summed E-state index contributed by atoms with van der Waals surface area (Å²) in [5.41, 5.74) is 0. The molecule has 0 spiro atoms. The monoisotopic (exact) mass is 281 g/mol. The minimum absolute atomic E-state index is 0. The van der Waals surface area contributed by atoms with E-state index < -0.39 is 37.6 Å². The first-order valence-electron chi connectivity index (χ1n) is 4.49. The van der Waals surface area contributed by atoms with Crippen molar-refractivity contribution in [2.45, 2.75) is 24.4 Å². The minimum atomic E-state index is -1.85. The first-order valence-corrected chi connectivity index (χ1v) is 4.49. The van der Waals surface area contributed by atoms with E-state index in [0.29, 0.717) is 0 Å². The Morgan fingerprint density at radius 3 is 2.11 bits per heavy atom. The molecule has 0 saturated carbocycles. The van der Waals surface area contributed by atoms with E-state index in [1.54, 1.807) is 0 Å². The maximum atomic E-state index is 10.0. The van der Waals surface area contributed by atoms with Crippen molar-refractivity contribution in [1.82, 2.24) is 5.06 Å². The average Bonchev–Trinajstić information content (AvgIpc) is 2.33. The fraction of sp³-hybridized carbons (Fsp3) is 0.857. The van der Waals surface area contributed by atoms with Gasteiger partial charge in [-0.15, -0.1) is 0 Å². The number of aliphatic hydroxyl groups is 3. The Bertz CT molecular complexity index is 221. The Labute approximate surface area is 124 Å². The molecule has 4 atom stereocenters. The molecule has 0 bridgehead atoms. The van der Waals surface area contributed by atoms with E-state index in [1.165, 1.54) is 0 Å². The van der Waals surface area contributed by atoms with E-state index in [9.17, 15) is 20.1 Å². The zero-order chi connectivity index (χ0) is 13.4. The van der Waals surface area contributed by atoms with E-state index >= 15 is 0 Å². The van der Waals surface area contributed by atoms with Gasteiger partial charge in [0.05, 0.1) is 6.54 Å². The zero-order valence-electron chi connectivity index (χ0n) is 8.66. The van der Waals surface area contributed by atoms with Crippen LogP contribution in [0.15, 0.2) is 0 Å². The Kier molecular flexibility index (Phi) is 12.5. The van der Waals surface area contributed by atoms with Crippen LogP contribution in [0.2, 0.25) is 0 Å². The second-order valence-corrected chi connectivity index (χ2v) is 3.22. The van der Waals surface area contributed by atoms with Gasteiger partial charge in [0, 0.05) is 0 Å². The summed E-state index contributed by atoms with van der Waals surface area (Å²) < 4.78 is 0. The second-order valence-electron chi connectivity index (χ2n) is 3.22. The molecule has 0 aliphatic carbocycles. The molecule has 18 heavy (non-hydrogen) atoms. The van der Waals surface area contributed by atoms with Crippen LogP contribution >= 0.6 is 0 Å². The Morgan fingerprint density at radius 1 is 1.17 bits per heavy atom. The summed E-state index contributed by atoms with van der Waals surface area (Å²) in [5, 5.41) is 53.2. The number of hydrogen-bond acceptors (Lipinski definition) is 9. The molecule has 0 heterocycles. The van der Waals surface area contributed by atoms with Crippen molar-refractivity contribution in [1.29, 1.82) is 0 Å². The second kappa shape index (κ2) is 11.0. The number of aliphatic hydroxyl groups excluding tert-OH is 3. The third-order valence-electron chi connectivity index (χ3n) is 2.00. The quantitative estimate of drug-likeness (QED) is 0.0832. The van der Waals surface area contributed by atoms with Crippen LogP contribution in [-0.4, -0.2) is 110 Å². The molecule has 0 aliphatic heterocycles. The third-order valence-corrected chi connectivity index (χ3v) is 2.00. The van der Waals surface area contributed by atoms with Gasteiger partial charge in [-0.25, -0.2) is 14.8 Å².